The van der Waals surface area contributed by atoms with Gasteiger partial charge in [0.25, 0.3) is 0 Å². The molecule has 0 aromatic heterocycles. The Hall–Kier alpha value is -1.43. The Balaban J connectivity index is 1.84. The summed E-state index contributed by atoms with van der Waals surface area (Å²) in [5, 5.41) is 7.37. The van der Waals surface area contributed by atoms with E-state index in [1.807, 2.05) is 7.05 Å². The van der Waals surface area contributed by atoms with Gasteiger partial charge in [-0.3, -0.25) is 4.79 Å². The van der Waals surface area contributed by atoms with Gasteiger partial charge in [0, 0.05) is 30.7 Å². The van der Waals surface area contributed by atoms with E-state index in [9.17, 15) is 4.79 Å². The molecule has 5 nitrogen and oxygen atoms in total. The van der Waals surface area contributed by atoms with Crippen LogP contribution >= 0.6 is 0 Å². The zero-order valence-electron chi connectivity index (χ0n) is 21.8. The Morgan fingerprint density at radius 2 is 1.79 bits per heavy atom. The first-order valence-electron chi connectivity index (χ1n) is 13.2. The zero-order chi connectivity index (χ0) is 24.0. The van der Waals surface area contributed by atoms with Crippen LogP contribution in [0.25, 0.3) is 0 Å². The third-order valence-electron chi connectivity index (χ3n) is 8.40. The summed E-state index contributed by atoms with van der Waals surface area (Å²) in [7, 11) is 4.26. The van der Waals surface area contributed by atoms with E-state index in [0.717, 1.165) is 58.3 Å². The molecule has 0 spiro atoms. The van der Waals surface area contributed by atoms with Crippen LogP contribution in [0.2, 0.25) is 0 Å². The van der Waals surface area contributed by atoms with Crippen LogP contribution in [0.1, 0.15) is 77.7 Å². The van der Waals surface area contributed by atoms with Gasteiger partial charge in [0.15, 0.2) is 0 Å². The molecule has 5 heteroatoms. The number of hydrogen-bond acceptors (Lipinski definition) is 4. The van der Waals surface area contributed by atoms with Gasteiger partial charge < -0.3 is 20.4 Å². The van der Waals surface area contributed by atoms with Gasteiger partial charge in [0.1, 0.15) is 0 Å². The highest BCUT2D eigenvalue weighted by Gasteiger charge is 2.47. The number of hydrogen-bond donors (Lipinski definition) is 2. The van der Waals surface area contributed by atoms with Gasteiger partial charge in [-0.05, 0) is 90.9 Å². The summed E-state index contributed by atoms with van der Waals surface area (Å²) in [4.78, 5) is 17.2. The van der Waals surface area contributed by atoms with Crippen molar-refractivity contribution in [3.05, 3.63) is 35.9 Å². The van der Waals surface area contributed by atoms with Crippen LogP contribution in [0.15, 0.2) is 30.3 Å². The van der Waals surface area contributed by atoms with Gasteiger partial charge in [0.2, 0.25) is 6.41 Å². The molecular weight excluding hydrogens is 408 g/mol. The molecule has 1 aromatic carbocycles. The maximum absolute atomic E-state index is 12.5. The van der Waals surface area contributed by atoms with Crippen molar-refractivity contribution in [2.45, 2.75) is 88.8 Å². The van der Waals surface area contributed by atoms with Crippen molar-refractivity contribution in [1.29, 1.82) is 0 Å². The average Bonchev–Trinajstić information content (AvgIpc) is 2.78. The minimum absolute atomic E-state index is 0.00854. The molecular formula is C28H48N4O. The first-order valence-corrected chi connectivity index (χ1v) is 13.2. The number of carbonyl (C=O) groups excluding carboxylic acids is 1. The van der Waals surface area contributed by atoms with E-state index in [1.165, 1.54) is 31.2 Å². The molecule has 1 amide bonds. The molecule has 0 atom stereocenters. The lowest BCUT2D eigenvalue weighted by atomic mass is 9.68. The van der Waals surface area contributed by atoms with E-state index in [2.05, 4.69) is 78.6 Å². The molecule has 0 unspecified atom stereocenters. The molecule has 0 saturated heterocycles. The number of rotatable bonds is 13. The molecule has 0 aliphatic heterocycles. The van der Waals surface area contributed by atoms with Crippen LogP contribution < -0.4 is 10.6 Å². The Labute approximate surface area is 202 Å². The molecule has 2 N–H and O–H groups in total. The Bertz CT molecular complexity index is 723. The molecule has 0 bridgehead atoms. The van der Waals surface area contributed by atoms with Gasteiger partial charge in [-0.15, -0.1) is 0 Å². The summed E-state index contributed by atoms with van der Waals surface area (Å²) < 4.78 is 0. The van der Waals surface area contributed by atoms with Crippen LogP contribution in [-0.4, -0.2) is 67.6 Å². The van der Waals surface area contributed by atoms with E-state index in [4.69, 9.17) is 0 Å². The molecule has 33 heavy (non-hydrogen) atoms. The maximum atomic E-state index is 12.5. The zero-order valence-corrected chi connectivity index (χ0v) is 21.8. The Morgan fingerprint density at radius 3 is 2.30 bits per heavy atom. The quantitative estimate of drug-likeness (QED) is 0.433. The van der Waals surface area contributed by atoms with Gasteiger partial charge in [0.05, 0.1) is 5.54 Å². The van der Waals surface area contributed by atoms with Crippen molar-refractivity contribution in [2.75, 3.05) is 40.3 Å². The van der Waals surface area contributed by atoms with E-state index < -0.39 is 0 Å². The van der Waals surface area contributed by atoms with Gasteiger partial charge in [-0.25, -0.2) is 0 Å². The van der Waals surface area contributed by atoms with Crippen molar-refractivity contribution in [3.63, 3.8) is 0 Å². The van der Waals surface area contributed by atoms with Crippen molar-refractivity contribution in [3.8, 4) is 0 Å². The predicted octanol–water partition coefficient (Wildman–Crippen LogP) is 4.38. The number of carbonyl (C=O) groups is 1. The molecule has 2 aliphatic carbocycles. The van der Waals surface area contributed by atoms with Crippen LogP contribution in [0.3, 0.4) is 0 Å². The Morgan fingerprint density at radius 1 is 1.12 bits per heavy atom. The highest BCUT2D eigenvalue weighted by atomic mass is 16.1. The lowest BCUT2D eigenvalue weighted by Crippen LogP contribution is -2.62. The fraction of sp³-hybridized carbons (Fsp3) is 0.750. The SMILES string of the molecule is CCCNC1(c2ccccc2)CCC(CN(C)CC(C)(C)NC)(N(C=O)CC2CCC2)CC1. The molecule has 2 fully saturated rings. The normalized spacial score (nSPS) is 26.2. The largest absolute Gasteiger partial charge is 0.338 e. The second kappa shape index (κ2) is 11.3. The highest BCUT2D eigenvalue weighted by molar-refractivity contribution is 5.49. The molecule has 2 aliphatic rings. The lowest BCUT2D eigenvalue weighted by Gasteiger charge is -2.53. The fourth-order valence-electron chi connectivity index (χ4n) is 5.98. The molecule has 2 saturated carbocycles. The van der Waals surface area contributed by atoms with Crippen molar-refractivity contribution >= 4 is 6.41 Å². The first kappa shape index (κ1) is 26.2. The van der Waals surface area contributed by atoms with E-state index in [1.54, 1.807) is 0 Å². The van der Waals surface area contributed by atoms with Crippen LogP contribution in [0, 0.1) is 5.92 Å². The lowest BCUT2D eigenvalue weighted by molar-refractivity contribution is -0.129. The summed E-state index contributed by atoms with van der Waals surface area (Å²) in [6.07, 6.45) is 10.4. The fourth-order valence-corrected chi connectivity index (χ4v) is 5.98. The van der Waals surface area contributed by atoms with Crippen LogP contribution in [-0.2, 0) is 10.3 Å². The number of nitrogens with zero attached hydrogens (tertiary/aromatic N) is 2. The van der Waals surface area contributed by atoms with Crippen molar-refractivity contribution < 1.29 is 4.79 Å². The number of amides is 1. The number of benzene rings is 1. The molecule has 186 valence electrons. The van der Waals surface area contributed by atoms with E-state index in [-0.39, 0.29) is 16.6 Å². The highest BCUT2D eigenvalue weighted by Crippen LogP contribution is 2.45. The minimum atomic E-state index is -0.0952. The summed E-state index contributed by atoms with van der Waals surface area (Å²) in [5.41, 5.74) is 1.35. The third-order valence-corrected chi connectivity index (χ3v) is 8.40. The average molecular weight is 457 g/mol. The smallest absolute Gasteiger partial charge is 0.210 e. The Kier molecular flexibility index (Phi) is 8.99. The minimum Gasteiger partial charge on any atom is -0.338 e. The standard InChI is InChI=1S/C28H48N4O/c1-6-19-30-28(25-13-8-7-9-14-25)17-15-27(16-18-28,22-31(5)21-26(2,3)29-4)32(23-33)20-24-11-10-12-24/h7-9,13-14,23-24,29-30H,6,10-12,15-22H2,1-5H3. The van der Waals surface area contributed by atoms with Crippen molar-refractivity contribution in [1.82, 2.24) is 20.4 Å². The third kappa shape index (κ3) is 6.37. The summed E-state index contributed by atoms with van der Waals surface area (Å²) >= 11 is 0. The van der Waals surface area contributed by atoms with E-state index >= 15 is 0 Å². The monoisotopic (exact) mass is 456 g/mol. The summed E-state index contributed by atoms with van der Waals surface area (Å²) in [6, 6.07) is 11.0. The van der Waals surface area contributed by atoms with E-state index in [0.29, 0.717) is 5.92 Å². The second-order valence-corrected chi connectivity index (χ2v) is 11.5. The first-order chi connectivity index (χ1) is 15.8. The van der Waals surface area contributed by atoms with Gasteiger partial charge in [-0.1, -0.05) is 43.7 Å². The van der Waals surface area contributed by atoms with Crippen LogP contribution in [0.5, 0.6) is 0 Å². The second-order valence-electron chi connectivity index (χ2n) is 11.5. The predicted molar refractivity (Wildman–Crippen MR) is 138 cm³/mol. The summed E-state index contributed by atoms with van der Waals surface area (Å²) in [6.45, 7) is 10.6. The van der Waals surface area contributed by atoms with Gasteiger partial charge >= 0.3 is 0 Å². The van der Waals surface area contributed by atoms with Crippen LogP contribution in [0.4, 0.5) is 0 Å². The molecule has 0 radical (unpaired) electrons. The summed E-state index contributed by atoms with van der Waals surface area (Å²) in [5.74, 6) is 0.685. The number of nitrogens with one attached hydrogen (secondary N) is 2. The number of likely N-dealkylation sites (N-methyl/N-ethyl adjacent to an activating group) is 2. The molecule has 3 rings (SSSR count). The van der Waals surface area contributed by atoms with Gasteiger partial charge in [-0.2, -0.15) is 0 Å². The molecule has 1 aromatic rings. The molecule has 0 heterocycles. The maximum Gasteiger partial charge on any atom is 0.210 e. The topological polar surface area (TPSA) is 47.6 Å². The van der Waals surface area contributed by atoms with Crippen molar-refractivity contribution in [2.24, 2.45) is 5.92 Å².